The zero-order valence-electron chi connectivity index (χ0n) is 14.3. The van der Waals surface area contributed by atoms with Gasteiger partial charge in [-0.05, 0) is 37.1 Å². The van der Waals surface area contributed by atoms with Crippen LogP contribution in [0.3, 0.4) is 0 Å². The first-order valence-corrected chi connectivity index (χ1v) is 8.68. The third-order valence-electron chi connectivity index (χ3n) is 4.50. The maximum atomic E-state index is 12.8. The first kappa shape index (κ1) is 16.3. The number of fused-ring (bicyclic) bond motifs is 1. The Morgan fingerprint density at radius 1 is 1.08 bits per heavy atom. The van der Waals surface area contributed by atoms with Gasteiger partial charge in [-0.2, -0.15) is 0 Å². The molecule has 3 aromatic rings. The van der Waals surface area contributed by atoms with E-state index in [1.165, 1.54) is 0 Å². The number of nitrogens with zero attached hydrogens (tertiary/aromatic N) is 4. The van der Waals surface area contributed by atoms with Crippen molar-refractivity contribution >= 4 is 17.3 Å². The Morgan fingerprint density at radius 3 is 2.65 bits per heavy atom. The smallest absolute Gasteiger partial charge is 0.288 e. The predicted molar refractivity (Wildman–Crippen MR) is 95.7 cm³/mol. The first-order chi connectivity index (χ1) is 12.7. The summed E-state index contributed by atoms with van der Waals surface area (Å²) in [5.41, 5.74) is 1.73. The number of carbonyl (C=O) groups is 2. The summed E-state index contributed by atoms with van der Waals surface area (Å²) in [5, 5.41) is 2.82. The van der Waals surface area contributed by atoms with E-state index in [9.17, 15) is 9.59 Å². The predicted octanol–water partition coefficient (Wildman–Crippen LogP) is 1.90. The summed E-state index contributed by atoms with van der Waals surface area (Å²) in [4.78, 5) is 35.8. The minimum atomic E-state index is -0.336. The molecule has 1 aliphatic heterocycles. The number of amides is 2. The van der Waals surface area contributed by atoms with Gasteiger partial charge in [0.15, 0.2) is 5.69 Å². The van der Waals surface area contributed by atoms with Crippen molar-refractivity contribution in [2.45, 2.75) is 19.4 Å². The molecule has 0 bridgehead atoms. The van der Waals surface area contributed by atoms with E-state index >= 15 is 0 Å². The molecule has 4 rings (SSSR count). The Hall–Kier alpha value is -3.22. The molecule has 1 saturated heterocycles. The van der Waals surface area contributed by atoms with Gasteiger partial charge in [0.25, 0.3) is 11.8 Å². The SMILES string of the molecule is O=C(NCc1ccccn1)c1nc(C(=O)N2CCCC2)c2ccccn12. The normalized spacial score (nSPS) is 13.9. The fourth-order valence-corrected chi connectivity index (χ4v) is 3.18. The number of hydrogen-bond donors (Lipinski definition) is 1. The zero-order chi connectivity index (χ0) is 17.9. The summed E-state index contributed by atoms with van der Waals surface area (Å²) in [5.74, 6) is -0.244. The van der Waals surface area contributed by atoms with Crippen LogP contribution in [0.2, 0.25) is 0 Å². The lowest BCUT2D eigenvalue weighted by molar-refractivity contribution is 0.0789. The summed E-state index contributed by atoms with van der Waals surface area (Å²) in [7, 11) is 0. The Bertz CT molecular complexity index is 945. The summed E-state index contributed by atoms with van der Waals surface area (Å²) in [6, 6.07) is 11.0. The molecule has 2 amide bonds. The van der Waals surface area contributed by atoms with E-state index in [-0.39, 0.29) is 17.6 Å². The van der Waals surface area contributed by atoms with Gasteiger partial charge in [0, 0.05) is 25.5 Å². The molecule has 0 radical (unpaired) electrons. The van der Waals surface area contributed by atoms with Crippen molar-refractivity contribution in [2.24, 2.45) is 0 Å². The average molecular weight is 349 g/mol. The lowest BCUT2D eigenvalue weighted by Gasteiger charge is -2.13. The number of likely N-dealkylation sites (tertiary alicyclic amines) is 1. The molecule has 7 nitrogen and oxygen atoms in total. The number of nitrogens with one attached hydrogen (secondary N) is 1. The highest BCUT2D eigenvalue weighted by atomic mass is 16.2. The summed E-state index contributed by atoms with van der Waals surface area (Å²) in [6.45, 7) is 1.79. The van der Waals surface area contributed by atoms with Crippen molar-refractivity contribution in [1.82, 2.24) is 24.6 Å². The second kappa shape index (κ2) is 6.95. The van der Waals surface area contributed by atoms with Gasteiger partial charge in [-0.1, -0.05) is 12.1 Å². The molecule has 0 atom stereocenters. The van der Waals surface area contributed by atoms with E-state index in [2.05, 4.69) is 15.3 Å². The summed E-state index contributed by atoms with van der Waals surface area (Å²) < 4.78 is 1.66. The molecule has 1 N–H and O–H groups in total. The van der Waals surface area contributed by atoms with Gasteiger partial charge in [-0.25, -0.2) is 4.98 Å². The van der Waals surface area contributed by atoms with Gasteiger partial charge in [-0.3, -0.25) is 19.0 Å². The molecule has 3 aromatic heterocycles. The fourth-order valence-electron chi connectivity index (χ4n) is 3.18. The van der Waals surface area contributed by atoms with E-state index in [0.717, 1.165) is 31.6 Å². The lowest BCUT2D eigenvalue weighted by Crippen LogP contribution is -2.28. The molecule has 1 fully saturated rings. The molecule has 26 heavy (non-hydrogen) atoms. The van der Waals surface area contributed by atoms with Crippen molar-refractivity contribution in [1.29, 1.82) is 0 Å². The second-order valence-electron chi connectivity index (χ2n) is 6.24. The molecule has 7 heteroatoms. The summed E-state index contributed by atoms with van der Waals surface area (Å²) in [6.07, 6.45) is 5.45. The van der Waals surface area contributed by atoms with Crippen molar-refractivity contribution in [3.63, 3.8) is 0 Å². The molecule has 0 aromatic carbocycles. The molecule has 0 spiro atoms. The monoisotopic (exact) mass is 349 g/mol. The Labute approximate surface area is 150 Å². The lowest BCUT2D eigenvalue weighted by atomic mass is 10.3. The second-order valence-corrected chi connectivity index (χ2v) is 6.24. The van der Waals surface area contributed by atoms with Gasteiger partial charge in [-0.15, -0.1) is 0 Å². The van der Waals surface area contributed by atoms with E-state index in [1.54, 1.807) is 21.7 Å². The number of rotatable bonds is 4. The highest BCUT2D eigenvalue weighted by Crippen LogP contribution is 2.18. The third kappa shape index (κ3) is 3.03. The Balaban J connectivity index is 1.62. The van der Waals surface area contributed by atoms with Gasteiger partial charge in [0.2, 0.25) is 5.82 Å². The van der Waals surface area contributed by atoms with Gasteiger partial charge >= 0.3 is 0 Å². The molecule has 0 unspecified atom stereocenters. The van der Waals surface area contributed by atoms with Crippen LogP contribution in [0.4, 0.5) is 0 Å². The average Bonchev–Trinajstić information content (AvgIpc) is 3.35. The van der Waals surface area contributed by atoms with Crippen molar-refractivity contribution < 1.29 is 9.59 Å². The fraction of sp³-hybridized carbons (Fsp3) is 0.263. The zero-order valence-corrected chi connectivity index (χ0v) is 14.3. The third-order valence-corrected chi connectivity index (χ3v) is 4.50. The van der Waals surface area contributed by atoms with Crippen LogP contribution in [0.15, 0.2) is 48.8 Å². The van der Waals surface area contributed by atoms with Crippen LogP contribution in [0.25, 0.3) is 5.52 Å². The number of imidazole rings is 1. The molecular formula is C19H19N5O2. The van der Waals surface area contributed by atoms with E-state index < -0.39 is 0 Å². The van der Waals surface area contributed by atoms with Crippen LogP contribution >= 0.6 is 0 Å². The van der Waals surface area contributed by atoms with Crippen LogP contribution in [0, 0.1) is 0 Å². The molecule has 1 aliphatic rings. The number of aromatic nitrogens is 3. The highest BCUT2D eigenvalue weighted by molar-refractivity contribution is 6.02. The maximum Gasteiger partial charge on any atom is 0.288 e. The van der Waals surface area contributed by atoms with Crippen LogP contribution in [0.5, 0.6) is 0 Å². The highest BCUT2D eigenvalue weighted by Gasteiger charge is 2.26. The topological polar surface area (TPSA) is 79.6 Å². The number of carbonyl (C=O) groups excluding carboxylic acids is 2. The number of pyridine rings is 2. The van der Waals surface area contributed by atoms with Crippen molar-refractivity contribution in [3.8, 4) is 0 Å². The van der Waals surface area contributed by atoms with Gasteiger partial charge < -0.3 is 10.2 Å². The van der Waals surface area contributed by atoms with E-state index in [0.29, 0.717) is 17.8 Å². The van der Waals surface area contributed by atoms with Crippen LogP contribution in [-0.2, 0) is 6.54 Å². The quantitative estimate of drug-likeness (QED) is 0.780. The maximum absolute atomic E-state index is 12.8. The molecule has 132 valence electrons. The molecule has 0 saturated carbocycles. The van der Waals surface area contributed by atoms with E-state index in [1.807, 2.05) is 36.4 Å². The first-order valence-electron chi connectivity index (χ1n) is 8.68. The molecule has 4 heterocycles. The van der Waals surface area contributed by atoms with Crippen LogP contribution in [0.1, 0.15) is 39.6 Å². The van der Waals surface area contributed by atoms with Crippen molar-refractivity contribution in [3.05, 3.63) is 66.0 Å². The molecular weight excluding hydrogens is 330 g/mol. The van der Waals surface area contributed by atoms with Crippen LogP contribution < -0.4 is 5.32 Å². The van der Waals surface area contributed by atoms with Crippen LogP contribution in [-0.4, -0.2) is 44.2 Å². The number of hydrogen-bond acceptors (Lipinski definition) is 4. The standard InChI is InChI=1S/C19H19N5O2/c25-18(21-13-14-7-1-3-9-20-14)17-22-16(15-8-2-4-12-24(15)17)19(26)23-10-5-6-11-23/h1-4,7-9,12H,5-6,10-11,13H2,(H,21,25). The molecule has 0 aliphatic carbocycles. The van der Waals surface area contributed by atoms with Gasteiger partial charge in [0.05, 0.1) is 17.8 Å². The van der Waals surface area contributed by atoms with E-state index in [4.69, 9.17) is 0 Å². The Kier molecular flexibility index (Phi) is 4.35. The largest absolute Gasteiger partial charge is 0.344 e. The summed E-state index contributed by atoms with van der Waals surface area (Å²) >= 11 is 0. The van der Waals surface area contributed by atoms with Crippen molar-refractivity contribution in [2.75, 3.05) is 13.1 Å². The van der Waals surface area contributed by atoms with Gasteiger partial charge in [0.1, 0.15) is 0 Å². The minimum Gasteiger partial charge on any atom is -0.344 e. The minimum absolute atomic E-state index is 0.116. The Morgan fingerprint density at radius 2 is 1.88 bits per heavy atom.